The van der Waals surface area contributed by atoms with Crippen LogP contribution < -0.4 is 0 Å². The van der Waals surface area contributed by atoms with Crippen molar-refractivity contribution >= 4 is 0 Å². The Hall–Kier alpha value is -0.0400. The van der Waals surface area contributed by atoms with Gasteiger partial charge in [-0.05, 0) is 61.7 Å². The second-order valence-electron chi connectivity index (χ2n) is 8.88. The predicted octanol–water partition coefficient (Wildman–Crippen LogP) is 5.95. The Kier molecular flexibility index (Phi) is 6.24. The Morgan fingerprint density at radius 3 is 1.91 bits per heavy atom. The van der Waals surface area contributed by atoms with Gasteiger partial charge in [0.1, 0.15) is 0 Å². The Balaban J connectivity index is 1.62. The molecule has 3 saturated carbocycles. The van der Waals surface area contributed by atoms with Crippen molar-refractivity contribution in [3.05, 3.63) is 0 Å². The molecule has 2 unspecified atom stereocenters. The molecule has 22 heavy (non-hydrogen) atoms. The first-order valence-electron chi connectivity index (χ1n) is 10.4. The molecule has 128 valence electrons. The van der Waals surface area contributed by atoms with Crippen LogP contribution >= 0.6 is 0 Å². The summed E-state index contributed by atoms with van der Waals surface area (Å²) in [5.41, 5.74) is 0. The summed E-state index contributed by atoms with van der Waals surface area (Å²) in [6.07, 6.45) is 19.7. The molecule has 3 aliphatic carbocycles. The van der Waals surface area contributed by atoms with Gasteiger partial charge in [-0.1, -0.05) is 64.7 Å². The molecular formula is C21H38O. The fraction of sp³-hybridized carbons (Fsp3) is 1.00. The SMILES string of the molecule is CC(C1CCCC1)C(C[C@H]1CC[C@@H](O)CC1)C1CCCCC1. The highest BCUT2D eigenvalue weighted by atomic mass is 16.3. The quantitative estimate of drug-likeness (QED) is 0.665. The molecule has 1 nitrogen and oxygen atoms in total. The van der Waals surface area contributed by atoms with E-state index in [-0.39, 0.29) is 6.10 Å². The van der Waals surface area contributed by atoms with E-state index in [1.54, 1.807) is 0 Å². The third kappa shape index (κ3) is 4.28. The fourth-order valence-corrected chi connectivity index (χ4v) is 6.00. The van der Waals surface area contributed by atoms with E-state index in [1.165, 1.54) is 77.0 Å². The normalized spacial score (nSPS) is 34.6. The van der Waals surface area contributed by atoms with Crippen LogP contribution in [0.3, 0.4) is 0 Å². The van der Waals surface area contributed by atoms with Crippen molar-refractivity contribution in [2.75, 3.05) is 0 Å². The zero-order chi connectivity index (χ0) is 15.4. The van der Waals surface area contributed by atoms with Gasteiger partial charge in [-0.2, -0.15) is 0 Å². The molecular weight excluding hydrogens is 268 g/mol. The minimum atomic E-state index is 0.0108. The van der Waals surface area contributed by atoms with E-state index in [0.717, 1.165) is 42.4 Å². The van der Waals surface area contributed by atoms with Gasteiger partial charge >= 0.3 is 0 Å². The highest BCUT2D eigenvalue weighted by molar-refractivity contribution is 4.86. The maximum absolute atomic E-state index is 9.79. The average molecular weight is 307 g/mol. The van der Waals surface area contributed by atoms with Crippen molar-refractivity contribution in [2.45, 2.75) is 103 Å². The molecule has 0 amide bonds. The van der Waals surface area contributed by atoms with Gasteiger partial charge in [0.2, 0.25) is 0 Å². The van der Waals surface area contributed by atoms with Gasteiger partial charge in [0, 0.05) is 0 Å². The van der Waals surface area contributed by atoms with Gasteiger partial charge in [0.25, 0.3) is 0 Å². The number of rotatable bonds is 5. The first-order valence-corrected chi connectivity index (χ1v) is 10.4. The molecule has 2 atom stereocenters. The first-order chi connectivity index (χ1) is 10.7. The van der Waals surface area contributed by atoms with E-state index in [2.05, 4.69) is 6.92 Å². The second kappa shape index (κ2) is 8.18. The zero-order valence-corrected chi connectivity index (χ0v) is 14.8. The smallest absolute Gasteiger partial charge is 0.0540 e. The van der Waals surface area contributed by atoms with Crippen LogP contribution in [0.25, 0.3) is 0 Å². The van der Waals surface area contributed by atoms with Crippen molar-refractivity contribution < 1.29 is 5.11 Å². The molecule has 0 heterocycles. The van der Waals surface area contributed by atoms with Crippen LogP contribution in [-0.2, 0) is 0 Å². The van der Waals surface area contributed by atoms with Gasteiger partial charge in [0.05, 0.1) is 6.10 Å². The van der Waals surface area contributed by atoms with Crippen LogP contribution in [0, 0.1) is 29.6 Å². The van der Waals surface area contributed by atoms with Crippen LogP contribution in [0.5, 0.6) is 0 Å². The molecule has 1 heteroatoms. The van der Waals surface area contributed by atoms with E-state index < -0.39 is 0 Å². The van der Waals surface area contributed by atoms with Gasteiger partial charge in [-0.25, -0.2) is 0 Å². The third-order valence-electron chi connectivity index (χ3n) is 7.50. The molecule has 3 aliphatic rings. The summed E-state index contributed by atoms with van der Waals surface area (Å²) in [5.74, 6) is 4.91. The molecule has 0 saturated heterocycles. The molecule has 3 fully saturated rings. The first kappa shape index (κ1) is 16.8. The average Bonchev–Trinajstić information content (AvgIpc) is 3.09. The lowest BCUT2D eigenvalue weighted by Crippen LogP contribution is -2.31. The van der Waals surface area contributed by atoms with Crippen LogP contribution in [-0.4, -0.2) is 11.2 Å². The largest absolute Gasteiger partial charge is 0.393 e. The molecule has 0 aromatic carbocycles. The number of hydrogen-bond acceptors (Lipinski definition) is 1. The maximum Gasteiger partial charge on any atom is 0.0540 e. The molecule has 1 N–H and O–H groups in total. The summed E-state index contributed by atoms with van der Waals surface area (Å²) in [6, 6.07) is 0. The molecule has 3 rings (SSSR count). The van der Waals surface area contributed by atoms with Gasteiger partial charge < -0.3 is 5.11 Å². The van der Waals surface area contributed by atoms with Crippen molar-refractivity contribution in [3.8, 4) is 0 Å². The van der Waals surface area contributed by atoms with Crippen molar-refractivity contribution in [1.29, 1.82) is 0 Å². The molecule has 0 aromatic heterocycles. The highest BCUT2D eigenvalue weighted by Crippen LogP contribution is 2.45. The Bertz CT molecular complexity index is 306. The van der Waals surface area contributed by atoms with Crippen molar-refractivity contribution in [3.63, 3.8) is 0 Å². The zero-order valence-electron chi connectivity index (χ0n) is 14.8. The minimum Gasteiger partial charge on any atom is -0.393 e. The standard InChI is InChI=1S/C21H38O/c1-16(18-7-5-6-8-18)21(19-9-3-2-4-10-19)15-17-11-13-20(22)14-12-17/h16-22H,2-15H2,1H3/t16?,17-,20+,21?. The highest BCUT2D eigenvalue weighted by Gasteiger charge is 2.35. The summed E-state index contributed by atoms with van der Waals surface area (Å²) >= 11 is 0. The van der Waals surface area contributed by atoms with Gasteiger partial charge in [-0.3, -0.25) is 0 Å². The minimum absolute atomic E-state index is 0.0108. The van der Waals surface area contributed by atoms with Crippen LogP contribution in [0.1, 0.15) is 96.8 Å². The second-order valence-corrected chi connectivity index (χ2v) is 8.88. The van der Waals surface area contributed by atoms with E-state index in [9.17, 15) is 5.11 Å². The van der Waals surface area contributed by atoms with Crippen molar-refractivity contribution in [1.82, 2.24) is 0 Å². The predicted molar refractivity (Wildman–Crippen MR) is 93.8 cm³/mol. The number of aliphatic hydroxyl groups is 1. The molecule has 0 aliphatic heterocycles. The lowest BCUT2D eigenvalue weighted by atomic mass is 9.66. The molecule has 0 aromatic rings. The van der Waals surface area contributed by atoms with Gasteiger partial charge in [0.15, 0.2) is 0 Å². The van der Waals surface area contributed by atoms with E-state index >= 15 is 0 Å². The molecule has 0 radical (unpaired) electrons. The van der Waals surface area contributed by atoms with Crippen LogP contribution in [0.15, 0.2) is 0 Å². The molecule has 0 spiro atoms. The summed E-state index contributed by atoms with van der Waals surface area (Å²) in [5, 5.41) is 9.79. The lowest BCUT2D eigenvalue weighted by molar-refractivity contribution is 0.0723. The van der Waals surface area contributed by atoms with Crippen LogP contribution in [0.4, 0.5) is 0 Å². The van der Waals surface area contributed by atoms with E-state index in [0.29, 0.717) is 0 Å². The number of aliphatic hydroxyl groups excluding tert-OH is 1. The summed E-state index contributed by atoms with van der Waals surface area (Å²) in [4.78, 5) is 0. The lowest BCUT2D eigenvalue weighted by Gasteiger charge is -2.40. The van der Waals surface area contributed by atoms with Crippen molar-refractivity contribution in [2.24, 2.45) is 29.6 Å². The maximum atomic E-state index is 9.79. The Morgan fingerprint density at radius 1 is 0.727 bits per heavy atom. The summed E-state index contributed by atoms with van der Waals surface area (Å²) < 4.78 is 0. The molecule has 0 bridgehead atoms. The van der Waals surface area contributed by atoms with E-state index in [4.69, 9.17) is 0 Å². The Labute approximate surface area is 138 Å². The monoisotopic (exact) mass is 306 g/mol. The third-order valence-corrected chi connectivity index (χ3v) is 7.50. The topological polar surface area (TPSA) is 20.2 Å². The fourth-order valence-electron chi connectivity index (χ4n) is 6.00. The Morgan fingerprint density at radius 2 is 1.27 bits per heavy atom. The summed E-state index contributed by atoms with van der Waals surface area (Å²) in [6.45, 7) is 2.60. The number of hydrogen-bond donors (Lipinski definition) is 1. The van der Waals surface area contributed by atoms with E-state index in [1.807, 2.05) is 0 Å². The summed E-state index contributed by atoms with van der Waals surface area (Å²) in [7, 11) is 0. The van der Waals surface area contributed by atoms with Crippen LogP contribution in [0.2, 0.25) is 0 Å². The van der Waals surface area contributed by atoms with Gasteiger partial charge in [-0.15, -0.1) is 0 Å².